The monoisotopic (exact) mass is 634 g/mol. The second-order valence-electron chi connectivity index (χ2n) is 11.5. The van der Waals surface area contributed by atoms with Gasteiger partial charge >= 0.3 is 5.97 Å². The molecule has 230 valence electrons. The highest BCUT2D eigenvalue weighted by molar-refractivity contribution is 8.00. The van der Waals surface area contributed by atoms with Gasteiger partial charge in [-0.3, -0.25) is 4.79 Å². The fourth-order valence-electron chi connectivity index (χ4n) is 5.17. The van der Waals surface area contributed by atoms with Crippen molar-refractivity contribution in [3.05, 3.63) is 42.2 Å². The van der Waals surface area contributed by atoms with E-state index in [2.05, 4.69) is 0 Å². The van der Waals surface area contributed by atoms with Gasteiger partial charge in [-0.1, -0.05) is 6.07 Å². The largest absolute Gasteiger partial charge is 0.491 e. The predicted octanol–water partition coefficient (Wildman–Crippen LogP) is 6.54. The zero-order valence-electron chi connectivity index (χ0n) is 23.0. The Morgan fingerprint density at radius 3 is 2.45 bits per heavy atom. The minimum absolute atomic E-state index is 0.0243. The second kappa shape index (κ2) is 10.8. The Bertz CT molecular complexity index is 1470. The Morgan fingerprint density at radius 2 is 1.88 bits per heavy atom. The molecular weight excluding hydrogens is 603 g/mol. The summed E-state index contributed by atoms with van der Waals surface area (Å²) >= 11 is 1.07. The summed E-state index contributed by atoms with van der Waals surface area (Å²) in [7, 11) is -3.04. The Kier molecular flexibility index (Phi) is 7.97. The van der Waals surface area contributed by atoms with E-state index in [9.17, 15) is 40.3 Å². The molecule has 0 amide bonds. The molecular formula is C28H31F5N2O5S2. The standard InChI is InChI=1S/C28H31F5N2O5S2/c1-26(30,31)7-6-19-15-35(18-5-3-4-17(29)10-18)21-11-23(41-20-13-28(32,33)14-20)22(12-24(21)42(38,39)34(19)2)40-16-27(8-9-27)25(36)37/h3-5,10-12,19-20H,6-9,13-16H2,1-2H3,(H,36,37)/t19-/m1/s1. The molecule has 2 aromatic rings. The topological polar surface area (TPSA) is 87.2 Å². The number of carboxylic acid groups (broad SMARTS) is 1. The molecule has 0 saturated heterocycles. The van der Waals surface area contributed by atoms with Crippen LogP contribution >= 0.6 is 11.8 Å². The lowest BCUT2D eigenvalue weighted by molar-refractivity contribution is -0.144. The van der Waals surface area contributed by atoms with Crippen LogP contribution < -0.4 is 9.64 Å². The number of benzene rings is 2. The summed E-state index contributed by atoms with van der Waals surface area (Å²) in [5.74, 6) is -7.49. The highest BCUT2D eigenvalue weighted by Crippen LogP contribution is 2.52. The van der Waals surface area contributed by atoms with Crippen molar-refractivity contribution in [2.24, 2.45) is 5.41 Å². The van der Waals surface area contributed by atoms with Crippen molar-refractivity contribution in [3.63, 3.8) is 0 Å². The van der Waals surface area contributed by atoms with E-state index in [0.717, 1.165) is 23.0 Å². The highest BCUT2D eigenvalue weighted by atomic mass is 32.2. The summed E-state index contributed by atoms with van der Waals surface area (Å²) in [5, 5.41) is 9.11. The number of carboxylic acids is 1. The number of sulfonamides is 1. The number of ether oxygens (including phenoxy) is 1. The van der Waals surface area contributed by atoms with Crippen molar-refractivity contribution in [2.75, 3.05) is 25.1 Å². The number of aliphatic carboxylic acids is 1. The molecule has 0 unspecified atom stereocenters. The first-order valence-electron chi connectivity index (χ1n) is 13.5. The van der Waals surface area contributed by atoms with E-state index in [0.29, 0.717) is 17.7 Å². The van der Waals surface area contributed by atoms with Crippen LogP contribution in [0.5, 0.6) is 5.75 Å². The number of nitrogens with zero attached hydrogens (tertiary/aromatic N) is 2. The van der Waals surface area contributed by atoms with Crippen LogP contribution in [0.3, 0.4) is 0 Å². The summed E-state index contributed by atoms with van der Waals surface area (Å²) in [6.07, 6.45) is -0.814. The zero-order chi connectivity index (χ0) is 30.7. The quantitative estimate of drug-likeness (QED) is 0.297. The van der Waals surface area contributed by atoms with Gasteiger partial charge in [0.25, 0.3) is 0 Å². The third-order valence-electron chi connectivity index (χ3n) is 8.07. The maximum absolute atomic E-state index is 14.4. The number of hydrogen-bond acceptors (Lipinski definition) is 6. The summed E-state index contributed by atoms with van der Waals surface area (Å²) in [6.45, 7) is 0.418. The number of thioether (sulfide) groups is 1. The van der Waals surface area contributed by atoms with Crippen LogP contribution in [0, 0.1) is 11.2 Å². The first-order chi connectivity index (χ1) is 19.5. The van der Waals surface area contributed by atoms with Gasteiger partial charge in [0.2, 0.25) is 21.9 Å². The van der Waals surface area contributed by atoms with Gasteiger partial charge in [0, 0.05) is 55.9 Å². The minimum atomic E-state index is -4.33. The average molecular weight is 635 g/mol. The van der Waals surface area contributed by atoms with E-state index < -0.39 is 69.6 Å². The lowest BCUT2D eigenvalue weighted by Gasteiger charge is -2.35. The fraction of sp³-hybridized carbons (Fsp3) is 0.536. The molecule has 1 heterocycles. The number of rotatable bonds is 10. The van der Waals surface area contributed by atoms with Crippen LogP contribution in [0.15, 0.2) is 46.2 Å². The molecule has 0 bridgehead atoms. The third kappa shape index (κ3) is 6.35. The predicted molar refractivity (Wildman–Crippen MR) is 147 cm³/mol. The summed E-state index contributed by atoms with van der Waals surface area (Å²) in [5.41, 5.74) is -0.728. The molecule has 7 nitrogen and oxygen atoms in total. The second-order valence-corrected chi connectivity index (χ2v) is 14.8. The molecule has 2 aliphatic carbocycles. The molecule has 0 aromatic heterocycles. The molecule has 1 N–H and O–H groups in total. The molecule has 2 saturated carbocycles. The van der Waals surface area contributed by atoms with Gasteiger partial charge in [-0.05, 0) is 50.5 Å². The average Bonchev–Trinajstić information content (AvgIpc) is 3.67. The zero-order valence-corrected chi connectivity index (χ0v) is 24.6. The van der Waals surface area contributed by atoms with Gasteiger partial charge in [-0.25, -0.2) is 30.4 Å². The number of halogens is 5. The van der Waals surface area contributed by atoms with Gasteiger partial charge in [0.15, 0.2) is 0 Å². The molecule has 1 atom stereocenters. The summed E-state index contributed by atoms with van der Waals surface area (Å²) < 4.78 is 104. The van der Waals surface area contributed by atoms with Gasteiger partial charge in [-0.2, -0.15) is 4.31 Å². The fourth-order valence-corrected chi connectivity index (χ4v) is 8.16. The number of alkyl halides is 4. The Morgan fingerprint density at radius 1 is 1.19 bits per heavy atom. The maximum Gasteiger partial charge on any atom is 0.313 e. The smallest absolute Gasteiger partial charge is 0.313 e. The van der Waals surface area contributed by atoms with E-state index >= 15 is 0 Å². The van der Waals surface area contributed by atoms with Gasteiger partial charge < -0.3 is 14.7 Å². The molecule has 3 aliphatic rings. The van der Waals surface area contributed by atoms with Crippen molar-refractivity contribution in [1.82, 2.24) is 4.31 Å². The van der Waals surface area contributed by atoms with Gasteiger partial charge in [-0.15, -0.1) is 11.8 Å². The van der Waals surface area contributed by atoms with E-state index in [-0.39, 0.29) is 41.6 Å². The van der Waals surface area contributed by atoms with E-state index in [1.54, 1.807) is 6.07 Å². The first-order valence-corrected chi connectivity index (χ1v) is 15.8. The van der Waals surface area contributed by atoms with Crippen LogP contribution in [0.2, 0.25) is 0 Å². The lowest BCUT2D eigenvalue weighted by Crippen LogP contribution is -2.41. The third-order valence-corrected chi connectivity index (χ3v) is 11.3. The lowest BCUT2D eigenvalue weighted by atomic mass is 9.94. The number of carbonyl (C=O) groups is 1. The molecule has 42 heavy (non-hydrogen) atoms. The molecule has 0 spiro atoms. The maximum atomic E-state index is 14.4. The minimum Gasteiger partial charge on any atom is -0.491 e. The molecule has 5 rings (SSSR count). The van der Waals surface area contributed by atoms with Gasteiger partial charge in [0.1, 0.15) is 28.5 Å². The highest BCUT2D eigenvalue weighted by Gasteiger charge is 2.52. The van der Waals surface area contributed by atoms with Crippen LogP contribution in [0.1, 0.15) is 45.4 Å². The molecule has 2 fully saturated rings. The molecule has 14 heteroatoms. The van der Waals surface area contributed by atoms with Crippen molar-refractivity contribution >= 4 is 39.1 Å². The van der Waals surface area contributed by atoms with E-state index in [1.807, 2.05) is 0 Å². The summed E-state index contributed by atoms with van der Waals surface area (Å²) in [6, 6.07) is 7.19. The van der Waals surface area contributed by atoms with E-state index in [1.165, 1.54) is 42.3 Å². The Balaban J connectivity index is 1.62. The van der Waals surface area contributed by atoms with Crippen LogP contribution in [0.25, 0.3) is 0 Å². The molecule has 1 aliphatic heterocycles. The number of fused-ring (bicyclic) bond motifs is 1. The molecule has 0 radical (unpaired) electrons. The Labute approximate surface area is 245 Å². The molecule has 2 aromatic carbocycles. The van der Waals surface area contributed by atoms with Crippen molar-refractivity contribution in [1.29, 1.82) is 0 Å². The van der Waals surface area contributed by atoms with Crippen molar-refractivity contribution in [3.8, 4) is 5.75 Å². The number of likely N-dealkylation sites (N-methyl/N-ethyl adjacent to an activating group) is 1. The van der Waals surface area contributed by atoms with Crippen molar-refractivity contribution < 1.29 is 45.0 Å². The number of anilines is 2. The van der Waals surface area contributed by atoms with Gasteiger partial charge in [0.05, 0.1) is 10.6 Å². The van der Waals surface area contributed by atoms with Crippen molar-refractivity contribution in [2.45, 2.75) is 78.4 Å². The normalized spacial score (nSPS) is 23.0. The van der Waals surface area contributed by atoms with Crippen LogP contribution in [-0.2, 0) is 14.8 Å². The first kappa shape index (κ1) is 30.9. The van der Waals surface area contributed by atoms with E-state index in [4.69, 9.17) is 4.74 Å². The number of hydrogen-bond donors (Lipinski definition) is 1. The SMILES string of the molecule is CN1[C@H](CCC(C)(F)F)CN(c2cccc(F)c2)c2cc(SC3CC(F)(F)C3)c(OCC3(C(=O)O)CC3)cc2S1(=O)=O. The van der Waals surface area contributed by atoms with Crippen LogP contribution in [0.4, 0.5) is 33.3 Å². The van der Waals surface area contributed by atoms with Crippen LogP contribution in [-0.4, -0.2) is 67.1 Å². The Hall–Kier alpha value is -2.58. The summed E-state index contributed by atoms with van der Waals surface area (Å²) in [4.78, 5) is 13.4.